The van der Waals surface area contributed by atoms with Gasteiger partial charge in [-0.3, -0.25) is 4.90 Å². The summed E-state index contributed by atoms with van der Waals surface area (Å²) in [4.78, 5) is 14.1. The predicted molar refractivity (Wildman–Crippen MR) is 75.4 cm³/mol. The number of ether oxygens (including phenoxy) is 2. The summed E-state index contributed by atoms with van der Waals surface area (Å²) in [6.07, 6.45) is 0.785. The van der Waals surface area contributed by atoms with Crippen molar-refractivity contribution < 1.29 is 14.3 Å². The molecule has 3 atom stereocenters. The van der Waals surface area contributed by atoms with E-state index in [0.717, 1.165) is 12.0 Å². The standard InChI is InChI=1S/C16H21NO3/c1-16(2,3)20-15(18)17-10-12-9-13(17)14(19-12)11-7-5-4-6-8-11/h4-8,12-14H,9-10H2,1-3H3. The van der Waals surface area contributed by atoms with Crippen molar-refractivity contribution in [2.24, 2.45) is 0 Å². The second kappa shape index (κ2) is 4.77. The number of nitrogens with zero attached hydrogens (tertiary/aromatic N) is 1. The number of carbonyl (C=O) groups excluding carboxylic acids is 1. The van der Waals surface area contributed by atoms with Gasteiger partial charge in [-0.15, -0.1) is 0 Å². The molecular weight excluding hydrogens is 254 g/mol. The molecule has 4 heteroatoms. The van der Waals surface area contributed by atoms with E-state index in [1.54, 1.807) is 0 Å². The molecule has 1 aromatic carbocycles. The Kier molecular flexibility index (Phi) is 3.21. The number of morpholine rings is 1. The largest absolute Gasteiger partial charge is 0.444 e. The Bertz CT molecular complexity index is 494. The zero-order valence-electron chi connectivity index (χ0n) is 12.2. The number of benzene rings is 1. The fourth-order valence-electron chi connectivity index (χ4n) is 2.98. The van der Waals surface area contributed by atoms with Crippen LogP contribution in [0.1, 0.15) is 38.9 Å². The number of rotatable bonds is 1. The van der Waals surface area contributed by atoms with Gasteiger partial charge in [0.2, 0.25) is 0 Å². The minimum atomic E-state index is -0.456. The summed E-state index contributed by atoms with van der Waals surface area (Å²) in [6.45, 7) is 6.32. The summed E-state index contributed by atoms with van der Waals surface area (Å²) in [5.41, 5.74) is 0.676. The zero-order valence-corrected chi connectivity index (χ0v) is 12.2. The Balaban J connectivity index is 1.75. The first-order valence-electron chi connectivity index (χ1n) is 7.14. The number of likely N-dealkylation sites (tertiary alicyclic amines) is 1. The van der Waals surface area contributed by atoms with Crippen molar-refractivity contribution in [2.75, 3.05) is 6.54 Å². The lowest BCUT2D eigenvalue weighted by atomic mass is 10.0. The molecule has 2 heterocycles. The highest BCUT2D eigenvalue weighted by Gasteiger charge is 2.49. The first kappa shape index (κ1) is 13.4. The van der Waals surface area contributed by atoms with E-state index in [-0.39, 0.29) is 24.3 Å². The van der Waals surface area contributed by atoms with Gasteiger partial charge in [0.25, 0.3) is 0 Å². The van der Waals surface area contributed by atoms with Crippen molar-refractivity contribution in [3.8, 4) is 0 Å². The van der Waals surface area contributed by atoms with E-state index in [9.17, 15) is 4.79 Å². The molecule has 2 aliphatic rings. The van der Waals surface area contributed by atoms with Crippen LogP contribution >= 0.6 is 0 Å². The molecule has 0 radical (unpaired) electrons. The Morgan fingerprint density at radius 3 is 2.60 bits per heavy atom. The molecule has 0 aliphatic carbocycles. The molecule has 2 fully saturated rings. The highest BCUT2D eigenvalue weighted by molar-refractivity contribution is 5.69. The molecule has 1 aromatic rings. The van der Waals surface area contributed by atoms with Crippen LogP contribution in [0.3, 0.4) is 0 Å². The van der Waals surface area contributed by atoms with E-state index < -0.39 is 5.60 Å². The molecule has 20 heavy (non-hydrogen) atoms. The van der Waals surface area contributed by atoms with Gasteiger partial charge in [0.05, 0.1) is 18.7 Å². The van der Waals surface area contributed by atoms with E-state index in [1.807, 2.05) is 43.9 Å². The third-order valence-electron chi connectivity index (χ3n) is 3.75. The molecule has 0 saturated carbocycles. The van der Waals surface area contributed by atoms with Crippen LogP contribution in [0, 0.1) is 0 Å². The Labute approximate surface area is 119 Å². The molecular formula is C16H21NO3. The van der Waals surface area contributed by atoms with Gasteiger partial charge < -0.3 is 9.47 Å². The maximum Gasteiger partial charge on any atom is 0.410 e. The lowest BCUT2D eigenvalue weighted by molar-refractivity contribution is -0.0467. The topological polar surface area (TPSA) is 38.8 Å². The maximum atomic E-state index is 12.3. The molecule has 1 amide bonds. The van der Waals surface area contributed by atoms with E-state index in [4.69, 9.17) is 9.47 Å². The number of amides is 1. The van der Waals surface area contributed by atoms with Crippen molar-refractivity contribution in [3.63, 3.8) is 0 Å². The van der Waals surface area contributed by atoms with Crippen LogP contribution in [0.5, 0.6) is 0 Å². The van der Waals surface area contributed by atoms with Gasteiger partial charge in [-0.25, -0.2) is 4.79 Å². The minimum Gasteiger partial charge on any atom is -0.444 e. The van der Waals surface area contributed by atoms with Gasteiger partial charge in [-0.05, 0) is 32.8 Å². The molecule has 3 rings (SSSR count). The van der Waals surface area contributed by atoms with Crippen LogP contribution < -0.4 is 0 Å². The molecule has 2 bridgehead atoms. The summed E-state index contributed by atoms with van der Waals surface area (Å²) in [6, 6.07) is 10.2. The third kappa shape index (κ3) is 2.52. The van der Waals surface area contributed by atoms with Crippen LogP contribution in [0.4, 0.5) is 4.79 Å². The SMILES string of the molecule is CC(C)(C)OC(=O)N1CC2CC1C(c1ccccc1)O2. The van der Waals surface area contributed by atoms with Crippen molar-refractivity contribution in [1.82, 2.24) is 4.90 Å². The second-order valence-electron chi connectivity index (χ2n) is 6.53. The van der Waals surface area contributed by atoms with Crippen LogP contribution in [-0.2, 0) is 9.47 Å². The molecule has 0 N–H and O–H groups in total. The van der Waals surface area contributed by atoms with Crippen molar-refractivity contribution in [3.05, 3.63) is 35.9 Å². The van der Waals surface area contributed by atoms with Crippen LogP contribution in [0.25, 0.3) is 0 Å². The molecule has 2 saturated heterocycles. The van der Waals surface area contributed by atoms with E-state index in [0.29, 0.717) is 6.54 Å². The fourth-order valence-corrected chi connectivity index (χ4v) is 2.98. The first-order chi connectivity index (χ1) is 9.44. The predicted octanol–water partition coefficient (Wildman–Crippen LogP) is 3.14. The number of fused-ring (bicyclic) bond motifs is 2. The maximum absolute atomic E-state index is 12.3. The summed E-state index contributed by atoms with van der Waals surface area (Å²) in [5.74, 6) is 0. The third-order valence-corrected chi connectivity index (χ3v) is 3.75. The average Bonchev–Trinajstić information content (AvgIpc) is 2.97. The molecule has 3 unspecified atom stereocenters. The lowest BCUT2D eigenvalue weighted by Gasteiger charge is -2.34. The van der Waals surface area contributed by atoms with Crippen molar-refractivity contribution in [1.29, 1.82) is 0 Å². The summed E-state index contributed by atoms with van der Waals surface area (Å²) < 4.78 is 11.5. The van der Waals surface area contributed by atoms with Crippen LogP contribution in [0.2, 0.25) is 0 Å². The summed E-state index contributed by atoms with van der Waals surface area (Å²) >= 11 is 0. The van der Waals surface area contributed by atoms with Crippen molar-refractivity contribution >= 4 is 6.09 Å². The van der Waals surface area contributed by atoms with Crippen LogP contribution in [-0.4, -0.2) is 35.3 Å². The van der Waals surface area contributed by atoms with Crippen molar-refractivity contribution in [2.45, 2.75) is 51.0 Å². The van der Waals surface area contributed by atoms with E-state index in [2.05, 4.69) is 12.1 Å². The van der Waals surface area contributed by atoms with Gasteiger partial charge in [-0.2, -0.15) is 0 Å². The van der Waals surface area contributed by atoms with E-state index >= 15 is 0 Å². The molecule has 0 spiro atoms. The van der Waals surface area contributed by atoms with E-state index in [1.165, 1.54) is 0 Å². The fraction of sp³-hybridized carbons (Fsp3) is 0.562. The number of hydrogen-bond acceptors (Lipinski definition) is 3. The highest BCUT2D eigenvalue weighted by Crippen LogP contribution is 2.42. The Morgan fingerprint density at radius 2 is 2.00 bits per heavy atom. The highest BCUT2D eigenvalue weighted by atomic mass is 16.6. The lowest BCUT2D eigenvalue weighted by Crippen LogP contribution is -2.45. The zero-order chi connectivity index (χ0) is 14.3. The van der Waals surface area contributed by atoms with Gasteiger partial charge in [-0.1, -0.05) is 30.3 Å². The minimum absolute atomic E-state index is 0.0255. The number of carbonyl (C=O) groups is 1. The van der Waals surface area contributed by atoms with Gasteiger partial charge in [0.15, 0.2) is 0 Å². The Hall–Kier alpha value is -1.55. The molecule has 2 aliphatic heterocycles. The van der Waals surface area contributed by atoms with Gasteiger partial charge >= 0.3 is 6.09 Å². The molecule has 0 aromatic heterocycles. The number of hydrogen-bond donors (Lipinski definition) is 0. The molecule has 4 nitrogen and oxygen atoms in total. The summed E-state index contributed by atoms with van der Waals surface area (Å²) in [5, 5.41) is 0. The first-order valence-corrected chi connectivity index (χ1v) is 7.14. The monoisotopic (exact) mass is 275 g/mol. The quantitative estimate of drug-likeness (QED) is 0.790. The van der Waals surface area contributed by atoms with Gasteiger partial charge in [0.1, 0.15) is 11.7 Å². The normalized spacial score (nSPS) is 28.8. The second-order valence-corrected chi connectivity index (χ2v) is 6.53. The Morgan fingerprint density at radius 1 is 1.30 bits per heavy atom. The summed E-state index contributed by atoms with van der Waals surface area (Å²) in [7, 11) is 0. The van der Waals surface area contributed by atoms with Crippen LogP contribution in [0.15, 0.2) is 30.3 Å². The average molecular weight is 275 g/mol. The molecule has 108 valence electrons. The smallest absolute Gasteiger partial charge is 0.410 e. The van der Waals surface area contributed by atoms with Gasteiger partial charge in [0, 0.05) is 0 Å².